The predicted octanol–water partition coefficient (Wildman–Crippen LogP) is 3.70. The molecule has 0 heterocycles. The van der Waals surface area contributed by atoms with E-state index in [1.165, 1.54) is 11.1 Å². The normalized spacial score (nSPS) is 11.5. The highest BCUT2D eigenvalue weighted by molar-refractivity contribution is 5.34. The topological polar surface area (TPSA) is 12.0 Å². The Morgan fingerprint density at radius 2 is 1.84 bits per heavy atom. The fraction of sp³-hybridized carbons (Fsp3) is 0.222. The van der Waals surface area contributed by atoms with Crippen molar-refractivity contribution in [3.63, 3.8) is 0 Å². The van der Waals surface area contributed by atoms with Crippen molar-refractivity contribution in [1.29, 1.82) is 0 Å². The first-order valence-electron chi connectivity index (χ1n) is 6.59. The van der Waals surface area contributed by atoms with Crippen LogP contribution in [0.5, 0.6) is 0 Å². The van der Waals surface area contributed by atoms with Gasteiger partial charge in [0.05, 0.1) is 6.54 Å². The minimum absolute atomic E-state index is 0.324. The second-order valence-electron chi connectivity index (χ2n) is 4.68. The maximum atomic E-state index is 3.42. The first kappa shape index (κ1) is 13.4. The van der Waals surface area contributed by atoms with Crippen LogP contribution in [0, 0.1) is 18.8 Å². The lowest BCUT2D eigenvalue weighted by Crippen LogP contribution is -2.18. The van der Waals surface area contributed by atoms with E-state index in [2.05, 4.69) is 55.3 Å². The van der Waals surface area contributed by atoms with Crippen LogP contribution in [0.4, 0.5) is 0 Å². The van der Waals surface area contributed by atoms with Crippen molar-refractivity contribution in [1.82, 2.24) is 5.32 Å². The van der Waals surface area contributed by atoms with E-state index in [9.17, 15) is 0 Å². The first-order chi connectivity index (χ1) is 9.25. The summed E-state index contributed by atoms with van der Waals surface area (Å²) in [5.74, 6) is 6.31. The highest BCUT2D eigenvalue weighted by atomic mass is 14.9. The van der Waals surface area contributed by atoms with Crippen molar-refractivity contribution in [2.75, 3.05) is 6.54 Å². The molecule has 1 N–H and O–H groups in total. The minimum Gasteiger partial charge on any atom is -0.300 e. The standard InChI is InChI=1S/C18H19N/c1-15-8-6-12-18(14-15)16(2)19-13-7-11-17-9-4-3-5-10-17/h3-6,8-10,12,14,16,19H,13H2,1-2H3/t16-/m0/s1. The molecule has 0 aliphatic rings. The third-order valence-corrected chi connectivity index (χ3v) is 3.05. The molecule has 1 nitrogen and oxygen atoms in total. The summed E-state index contributed by atoms with van der Waals surface area (Å²) in [5, 5.41) is 3.42. The lowest BCUT2D eigenvalue weighted by molar-refractivity contribution is 0.623. The van der Waals surface area contributed by atoms with E-state index in [-0.39, 0.29) is 0 Å². The van der Waals surface area contributed by atoms with Crippen LogP contribution in [0.25, 0.3) is 0 Å². The van der Waals surface area contributed by atoms with E-state index in [0.717, 1.165) is 5.56 Å². The monoisotopic (exact) mass is 249 g/mol. The van der Waals surface area contributed by atoms with Gasteiger partial charge >= 0.3 is 0 Å². The molecule has 0 amide bonds. The van der Waals surface area contributed by atoms with Gasteiger partial charge < -0.3 is 0 Å². The number of benzene rings is 2. The van der Waals surface area contributed by atoms with Gasteiger partial charge in [-0.2, -0.15) is 0 Å². The molecular formula is C18H19N. The molecule has 0 saturated carbocycles. The summed E-state index contributed by atoms with van der Waals surface area (Å²) in [5.41, 5.74) is 3.66. The summed E-state index contributed by atoms with van der Waals surface area (Å²) in [6.45, 7) is 4.98. The lowest BCUT2D eigenvalue weighted by Gasteiger charge is -2.12. The molecule has 96 valence electrons. The third kappa shape index (κ3) is 4.28. The molecule has 2 rings (SSSR count). The highest BCUT2D eigenvalue weighted by Crippen LogP contribution is 2.13. The van der Waals surface area contributed by atoms with Crippen molar-refractivity contribution in [2.24, 2.45) is 0 Å². The van der Waals surface area contributed by atoms with Gasteiger partial charge in [-0.1, -0.05) is 59.9 Å². The maximum absolute atomic E-state index is 3.42. The number of rotatable bonds is 3. The van der Waals surface area contributed by atoms with Gasteiger partial charge in [-0.3, -0.25) is 5.32 Å². The fourth-order valence-corrected chi connectivity index (χ4v) is 1.93. The molecule has 0 aliphatic heterocycles. The summed E-state index contributed by atoms with van der Waals surface area (Å²) in [6.07, 6.45) is 0. The van der Waals surface area contributed by atoms with E-state index in [1.54, 1.807) is 0 Å². The first-order valence-corrected chi connectivity index (χ1v) is 6.59. The quantitative estimate of drug-likeness (QED) is 0.818. The van der Waals surface area contributed by atoms with Crippen LogP contribution in [0.2, 0.25) is 0 Å². The number of nitrogens with one attached hydrogen (secondary N) is 1. The highest BCUT2D eigenvalue weighted by Gasteiger charge is 2.02. The van der Waals surface area contributed by atoms with Crippen LogP contribution in [-0.4, -0.2) is 6.54 Å². The molecule has 0 fully saturated rings. The molecular weight excluding hydrogens is 230 g/mol. The van der Waals surface area contributed by atoms with E-state index < -0.39 is 0 Å². The largest absolute Gasteiger partial charge is 0.300 e. The molecule has 0 unspecified atom stereocenters. The fourth-order valence-electron chi connectivity index (χ4n) is 1.93. The van der Waals surface area contributed by atoms with Crippen molar-refractivity contribution < 1.29 is 0 Å². The van der Waals surface area contributed by atoms with E-state index in [0.29, 0.717) is 12.6 Å². The molecule has 1 heteroatoms. The number of hydrogen-bond acceptors (Lipinski definition) is 1. The zero-order chi connectivity index (χ0) is 13.5. The van der Waals surface area contributed by atoms with Crippen LogP contribution >= 0.6 is 0 Å². The summed E-state index contributed by atoms with van der Waals surface area (Å²) in [7, 11) is 0. The van der Waals surface area contributed by atoms with Gasteiger partial charge in [0, 0.05) is 11.6 Å². The van der Waals surface area contributed by atoms with Gasteiger partial charge in [0.1, 0.15) is 0 Å². The van der Waals surface area contributed by atoms with Crippen molar-refractivity contribution in [3.05, 3.63) is 71.3 Å². The second-order valence-corrected chi connectivity index (χ2v) is 4.68. The Labute approximate surface area is 115 Å². The van der Waals surface area contributed by atoms with Crippen LogP contribution < -0.4 is 5.32 Å². The van der Waals surface area contributed by atoms with Gasteiger partial charge in [0.15, 0.2) is 0 Å². The number of hydrogen-bond donors (Lipinski definition) is 1. The van der Waals surface area contributed by atoms with Gasteiger partial charge in [-0.15, -0.1) is 0 Å². The Bertz CT molecular complexity index is 575. The van der Waals surface area contributed by atoms with Crippen LogP contribution in [0.1, 0.15) is 29.7 Å². The molecule has 0 aliphatic carbocycles. The Kier molecular flexibility index (Phi) is 4.78. The third-order valence-electron chi connectivity index (χ3n) is 3.05. The predicted molar refractivity (Wildman–Crippen MR) is 80.9 cm³/mol. The lowest BCUT2D eigenvalue weighted by atomic mass is 10.1. The van der Waals surface area contributed by atoms with Crippen molar-refractivity contribution in [2.45, 2.75) is 19.9 Å². The molecule has 1 atom stereocenters. The molecule has 0 radical (unpaired) electrons. The second kappa shape index (κ2) is 6.78. The van der Waals surface area contributed by atoms with E-state index in [4.69, 9.17) is 0 Å². The smallest absolute Gasteiger partial charge is 0.0584 e. The van der Waals surface area contributed by atoms with Gasteiger partial charge in [-0.05, 0) is 31.5 Å². The molecule has 0 spiro atoms. The average Bonchev–Trinajstić information content (AvgIpc) is 2.44. The maximum Gasteiger partial charge on any atom is 0.0584 e. The van der Waals surface area contributed by atoms with Gasteiger partial charge in [0.25, 0.3) is 0 Å². The molecule has 2 aromatic rings. The van der Waals surface area contributed by atoms with E-state index in [1.807, 2.05) is 30.3 Å². The van der Waals surface area contributed by atoms with Crippen LogP contribution in [0.15, 0.2) is 54.6 Å². The van der Waals surface area contributed by atoms with Crippen molar-refractivity contribution in [3.8, 4) is 11.8 Å². The van der Waals surface area contributed by atoms with E-state index >= 15 is 0 Å². The van der Waals surface area contributed by atoms with Gasteiger partial charge in [0.2, 0.25) is 0 Å². The molecule has 0 saturated heterocycles. The Hall–Kier alpha value is -2.04. The molecule has 2 aromatic carbocycles. The number of aryl methyl sites for hydroxylation is 1. The summed E-state index contributed by atoms with van der Waals surface area (Å²) in [4.78, 5) is 0. The molecule has 19 heavy (non-hydrogen) atoms. The zero-order valence-corrected chi connectivity index (χ0v) is 11.5. The molecule has 0 bridgehead atoms. The minimum atomic E-state index is 0.324. The van der Waals surface area contributed by atoms with Crippen LogP contribution in [-0.2, 0) is 0 Å². The average molecular weight is 249 g/mol. The molecule has 0 aromatic heterocycles. The Morgan fingerprint density at radius 1 is 1.05 bits per heavy atom. The SMILES string of the molecule is Cc1cccc([C@H](C)NCC#Cc2ccccc2)c1. The van der Waals surface area contributed by atoms with Gasteiger partial charge in [-0.25, -0.2) is 0 Å². The summed E-state index contributed by atoms with van der Waals surface area (Å²) in [6, 6.07) is 19.0. The summed E-state index contributed by atoms with van der Waals surface area (Å²) < 4.78 is 0. The zero-order valence-electron chi connectivity index (χ0n) is 11.5. The summed E-state index contributed by atoms with van der Waals surface area (Å²) >= 11 is 0. The van der Waals surface area contributed by atoms with Crippen molar-refractivity contribution >= 4 is 0 Å². The Morgan fingerprint density at radius 3 is 2.58 bits per heavy atom. The Balaban J connectivity index is 1.88. The van der Waals surface area contributed by atoms with Crippen LogP contribution in [0.3, 0.4) is 0 Å².